The SMILES string of the molecule is Cc1ccsc1C(=O)N1CCCN(CC[C@H](O)c2ccccc2)CC1. The monoisotopic (exact) mass is 358 g/mol. The molecule has 1 N–H and O–H groups in total. The summed E-state index contributed by atoms with van der Waals surface area (Å²) in [5, 5.41) is 12.3. The van der Waals surface area contributed by atoms with E-state index >= 15 is 0 Å². The van der Waals surface area contributed by atoms with E-state index in [2.05, 4.69) is 4.90 Å². The van der Waals surface area contributed by atoms with Gasteiger partial charge in [0.15, 0.2) is 0 Å². The Hall–Kier alpha value is -1.69. The van der Waals surface area contributed by atoms with Gasteiger partial charge in [-0.05, 0) is 48.9 Å². The highest BCUT2D eigenvalue weighted by Crippen LogP contribution is 2.20. The van der Waals surface area contributed by atoms with Gasteiger partial charge in [0.05, 0.1) is 11.0 Å². The molecule has 134 valence electrons. The number of hydrogen-bond acceptors (Lipinski definition) is 4. The van der Waals surface area contributed by atoms with Crippen molar-refractivity contribution in [1.29, 1.82) is 0 Å². The van der Waals surface area contributed by atoms with E-state index in [0.29, 0.717) is 0 Å². The second-order valence-corrected chi connectivity index (χ2v) is 7.55. The molecule has 2 aromatic rings. The summed E-state index contributed by atoms with van der Waals surface area (Å²) in [6.07, 6.45) is 1.29. The highest BCUT2D eigenvalue weighted by molar-refractivity contribution is 7.12. The van der Waals surface area contributed by atoms with Crippen LogP contribution in [0.3, 0.4) is 0 Å². The summed E-state index contributed by atoms with van der Waals surface area (Å²) in [5.41, 5.74) is 2.05. The fourth-order valence-electron chi connectivity index (χ4n) is 3.28. The molecule has 0 radical (unpaired) electrons. The van der Waals surface area contributed by atoms with Gasteiger partial charge in [-0.1, -0.05) is 30.3 Å². The first-order valence-electron chi connectivity index (χ1n) is 8.94. The number of aliphatic hydroxyl groups excluding tert-OH is 1. The number of amides is 1. The summed E-state index contributed by atoms with van der Waals surface area (Å²) < 4.78 is 0. The zero-order valence-electron chi connectivity index (χ0n) is 14.7. The van der Waals surface area contributed by atoms with Crippen LogP contribution in [0.5, 0.6) is 0 Å². The molecule has 0 unspecified atom stereocenters. The number of aliphatic hydroxyl groups is 1. The lowest BCUT2D eigenvalue weighted by molar-refractivity contribution is 0.0763. The average Bonchev–Trinajstić information content (AvgIpc) is 2.93. The van der Waals surface area contributed by atoms with E-state index in [1.54, 1.807) is 0 Å². The van der Waals surface area contributed by atoms with E-state index < -0.39 is 6.10 Å². The second kappa shape index (κ2) is 8.61. The third-order valence-electron chi connectivity index (χ3n) is 4.84. The summed E-state index contributed by atoms with van der Waals surface area (Å²) in [6, 6.07) is 11.8. The molecule has 3 rings (SSSR count). The maximum atomic E-state index is 12.7. The Kier molecular flexibility index (Phi) is 6.24. The fraction of sp³-hybridized carbons (Fsp3) is 0.450. The van der Waals surface area contributed by atoms with Crippen LogP contribution in [-0.2, 0) is 0 Å². The minimum absolute atomic E-state index is 0.165. The number of benzene rings is 1. The van der Waals surface area contributed by atoms with Gasteiger partial charge in [0.1, 0.15) is 0 Å². The molecule has 1 aliphatic heterocycles. The molecule has 25 heavy (non-hydrogen) atoms. The van der Waals surface area contributed by atoms with Crippen molar-refractivity contribution >= 4 is 17.2 Å². The van der Waals surface area contributed by atoms with Crippen LogP contribution in [0, 0.1) is 6.92 Å². The van der Waals surface area contributed by atoms with Crippen molar-refractivity contribution in [2.45, 2.75) is 25.9 Å². The van der Waals surface area contributed by atoms with E-state index in [0.717, 1.165) is 61.6 Å². The van der Waals surface area contributed by atoms with E-state index in [4.69, 9.17) is 0 Å². The van der Waals surface area contributed by atoms with Crippen LogP contribution in [-0.4, -0.2) is 53.5 Å². The molecule has 1 amide bonds. The molecule has 0 spiro atoms. The molecule has 1 fully saturated rings. The van der Waals surface area contributed by atoms with Gasteiger partial charge in [-0.3, -0.25) is 4.79 Å². The second-order valence-electron chi connectivity index (χ2n) is 6.64. The molecule has 2 heterocycles. The quantitative estimate of drug-likeness (QED) is 0.892. The van der Waals surface area contributed by atoms with E-state index in [-0.39, 0.29) is 5.91 Å². The lowest BCUT2D eigenvalue weighted by atomic mass is 10.1. The Morgan fingerprint density at radius 1 is 1.16 bits per heavy atom. The van der Waals surface area contributed by atoms with Gasteiger partial charge >= 0.3 is 0 Å². The largest absolute Gasteiger partial charge is 0.388 e. The normalized spacial score (nSPS) is 17.3. The number of aryl methyl sites for hydroxylation is 1. The highest BCUT2D eigenvalue weighted by Gasteiger charge is 2.22. The van der Waals surface area contributed by atoms with Gasteiger partial charge in [-0.2, -0.15) is 0 Å². The fourth-order valence-corrected chi connectivity index (χ4v) is 4.17. The van der Waals surface area contributed by atoms with Crippen LogP contribution in [0.2, 0.25) is 0 Å². The maximum Gasteiger partial charge on any atom is 0.264 e. The van der Waals surface area contributed by atoms with Gasteiger partial charge in [0, 0.05) is 26.2 Å². The van der Waals surface area contributed by atoms with Crippen LogP contribution in [0.25, 0.3) is 0 Å². The first-order valence-corrected chi connectivity index (χ1v) is 9.82. The van der Waals surface area contributed by atoms with E-state index in [1.807, 2.05) is 53.6 Å². The van der Waals surface area contributed by atoms with E-state index in [9.17, 15) is 9.90 Å². The summed E-state index contributed by atoms with van der Waals surface area (Å²) in [6.45, 7) is 6.28. The van der Waals surface area contributed by atoms with Gasteiger partial charge in [0.25, 0.3) is 5.91 Å². The Labute approximate surface area is 153 Å². The van der Waals surface area contributed by atoms with Crippen molar-refractivity contribution in [2.24, 2.45) is 0 Å². The topological polar surface area (TPSA) is 43.8 Å². The molecule has 1 aliphatic rings. The zero-order chi connectivity index (χ0) is 17.6. The Morgan fingerprint density at radius 3 is 2.68 bits per heavy atom. The summed E-state index contributed by atoms with van der Waals surface area (Å²) in [4.78, 5) is 17.9. The summed E-state index contributed by atoms with van der Waals surface area (Å²) >= 11 is 1.53. The molecule has 1 aromatic heterocycles. The summed E-state index contributed by atoms with van der Waals surface area (Å²) in [7, 11) is 0. The zero-order valence-corrected chi connectivity index (χ0v) is 15.5. The number of carbonyl (C=O) groups is 1. The third kappa shape index (κ3) is 4.69. The number of hydrogen-bond donors (Lipinski definition) is 1. The van der Waals surface area contributed by atoms with Gasteiger partial charge in [-0.25, -0.2) is 0 Å². The maximum absolute atomic E-state index is 12.7. The Bertz CT molecular complexity index is 686. The Balaban J connectivity index is 1.50. The first kappa shape index (κ1) is 18.1. The predicted octanol–water partition coefficient (Wildman–Crippen LogP) is 3.33. The first-order chi connectivity index (χ1) is 12.1. The smallest absolute Gasteiger partial charge is 0.264 e. The predicted molar refractivity (Wildman–Crippen MR) is 102 cm³/mol. The van der Waals surface area contributed by atoms with Crippen molar-refractivity contribution in [3.8, 4) is 0 Å². The molecule has 1 atom stereocenters. The van der Waals surface area contributed by atoms with Crippen molar-refractivity contribution in [3.63, 3.8) is 0 Å². The van der Waals surface area contributed by atoms with Crippen LogP contribution in [0.1, 0.15) is 39.7 Å². The Morgan fingerprint density at radius 2 is 1.96 bits per heavy atom. The number of rotatable bonds is 5. The molecular weight excluding hydrogens is 332 g/mol. The average molecular weight is 359 g/mol. The molecular formula is C20H26N2O2S. The van der Waals surface area contributed by atoms with Crippen molar-refractivity contribution in [2.75, 3.05) is 32.7 Å². The van der Waals surface area contributed by atoms with Crippen LogP contribution in [0.15, 0.2) is 41.8 Å². The van der Waals surface area contributed by atoms with Gasteiger partial charge in [-0.15, -0.1) is 11.3 Å². The minimum Gasteiger partial charge on any atom is -0.388 e. The van der Waals surface area contributed by atoms with Gasteiger partial charge in [0.2, 0.25) is 0 Å². The van der Waals surface area contributed by atoms with Gasteiger partial charge < -0.3 is 14.9 Å². The highest BCUT2D eigenvalue weighted by atomic mass is 32.1. The molecule has 1 saturated heterocycles. The summed E-state index contributed by atoms with van der Waals surface area (Å²) in [5.74, 6) is 0.165. The molecule has 0 aliphatic carbocycles. The van der Waals surface area contributed by atoms with Crippen molar-refractivity contribution in [3.05, 3.63) is 57.8 Å². The van der Waals surface area contributed by atoms with Crippen LogP contribution >= 0.6 is 11.3 Å². The lowest BCUT2D eigenvalue weighted by Gasteiger charge is -2.23. The van der Waals surface area contributed by atoms with Crippen LogP contribution in [0.4, 0.5) is 0 Å². The van der Waals surface area contributed by atoms with Crippen molar-refractivity contribution < 1.29 is 9.90 Å². The van der Waals surface area contributed by atoms with E-state index in [1.165, 1.54) is 11.3 Å². The molecule has 1 aromatic carbocycles. The minimum atomic E-state index is -0.420. The molecule has 0 bridgehead atoms. The lowest BCUT2D eigenvalue weighted by Crippen LogP contribution is -2.35. The molecule has 4 nitrogen and oxygen atoms in total. The number of carbonyl (C=O) groups excluding carboxylic acids is 1. The molecule has 0 saturated carbocycles. The number of thiophene rings is 1. The standard InChI is InChI=1S/C20H26N2O2S/c1-16-9-15-25-19(16)20(24)22-11-5-10-21(13-14-22)12-8-18(23)17-6-3-2-4-7-17/h2-4,6-7,9,15,18,23H,5,8,10-14H2,1H3/t18-/m0/s1. The van der Waals surface area contributed by atoms with Crippen LogP contribution < -0.4 is 0 Å². The molecule has 5 heteroatoms. The third-order valence-corrected chi connectivity index (χ3v) is 5.84. The number of nitrogens with zero attached hydrogens (tertiary/aromatic N) is 2. The van der Waals surface area contributed by atoms with Crippen molar-refractivity contribution in [1.82, 2.24) is 9.80 Å².